The van der Waals surface area contributed by atoms with Crippen LogP contribution in [-0.2, 0) is 0 Å². The normalized spacial score (nSPS) is 10.7. The van der Waals surface area contributed by atoms with E-state index < -0.39 is 5.91 Å². The molecule has 2 N–H and O–H groups in total. The Labute approximate surface area is 164 Å². The standard InChI is InChI=1S/C16H13Cl4N3O2/c1-7(2)21-15(24)8-5-3-4-6-9(8)22-16(25)13-11(18)10(17)12(19)14(20)23-13/h3-7H,1-2H3,(H,21,24)(H,22,25). The molecule has 0 fully saturated rings. The molecule has 0 aliphatic heterocycles. The highest BCUT2D eigenvalue weighted by molar-refractivity contribution is 6.52. The lowest BCUT2D eigenvalue weighted by Gasteiger charge is -2.14. The van der Waals surface area contributed by atoms with Gasteiger partial charge in [0.05, 0.1) is 26.3 Å². The van der Waals surface area contributed by atoms with Gasteiger partial charge in [0.25, 0.3) is 11.8 Å². The molecule has 1 aromatic heterocycles. The van der Waals surface area contributed by atoms with Gasteiger partial charge >= 0.3 is 0 Å². The summed E-state index contributed by atoms with van der Waals surface area (Å²) >= 11 is 23.7. The summed E-state index contributed by atoms with van der Waals surface area (Å²) in [7, 11) is 0. The zero-order valence-corrected chi connectivity index (χ0v) is 16.2. The van der Waals surface area contributed by atoms with Gasteiger partial charge < -0.3 is 10.6 Å². The molecule has 0 spiro atoms. The van der Waals surface area contributed by atoms with Crippen molar-refractivity contribution < 1.29 is 9.59 Å². The van der Waals surface area contributed by atoms with Crippen LogP contribution in [0.3, 0.4) is 0 Å². The van der Waals surface area contributed by atoms with Crippen LogP contribution in [0.4, 0.5) is 5.69 Å². The second kappa shape index (κ2) is 8.23. The summed E-state index contributed by atoms with van der Waals surface area (Å²) in [6.45, 7) is 3.67. The van der Waals surface area contributed by atoms with E-state index in [0.717, 1.165) is 0 Å². The Bertz CT molecular complexity index is 840. The van der Waals surface area contributed by atoms with Crippen LogP contribution in [0.1, 0.15) is 34.7 Å². The molecule has 1 aromatic carbocycles. The van der Waals surface area contributed by atoms with E-state index in [4.69, 9.17) is 46.4 Å². The van der Waals surface area contributed by atoms with Crippen LogP contribution >= 0.6 is 46.4 Å². The SMILES string of the molecule is CC(C)NC(=O)c1ccccc1NC(=O)c1nc(Cl)c(Cl)c(Cl)c1Cl. The summed E-state index contributed by atoms with van der Waals surface area (Å²) < 4.78 is 0. The molecule has 25 heavy (non-hydrogen) atoms. The Hall–Kier alpha value is -1.53. The number of carbonyl (C=O) groups is 2. The first-order chi connectivity index (χ1) is 11.7. The number of nitrogens with one attached hydrogen (secondary N) is 2. The molecule has 2 aromatic rings. The van der Waals surface area contributed by atoms with Gasteiger partial charge in [0.15, 0.2) is 0 Å². The number of carbonyl (C=O) groups excluding carboxylic acids is 2. The second-order valence-corrected chi connectivity index (χ2v) is 6.81. The first-order valence-corrected chi connectivity index (χ1v) is 8.64. The van der Waals surface area contributed by atoms with Gasteiger partial charge in [-0.15, -0.1) is 0 Å². The molecule has 2 amide bonds. The summed E-state index contributed by atoms with van der Waals surface area (Å²) in [5.41, 5.74) is 0.401. The second-order valence-electron chi connectivity index (χ2n) is 5.32. The average molecular weight is 421 g/mol. The van der Waals surface area contributed by atoms with Crippen LogP contribution in [0.2, 0.25) is 20.2 Å². The van der Waals surface area contributed by atoms with Crippen molar-refractivity contribution >= 4 is 63.9 Å². The van der Waals surface area contributed by atoms with Crippen molar-refractivity contribution in [3.63, 3.8) is 0 Å². The van der Waals surface area contributed by atoms with Gasteiger partial charge in [-0.1, -0.05) is 58.5 Å². The van der Waals surface area contributed by atoms with Crippen LogP contribution in [0.15, 0.2) is 24.3 Å². The van der Waals surface area contributed by atoms with Crippen LogP contribution in [0.25, 0.3) is 0 Å². The molecule has 5 nitrogen and oxygen atoms in total. The van der Waals surface area contributed by atoms with Gasteiger partial charge in [0, 0.05) is 6.04 Å². The van der Waals surface area contributed by atoms with E-state index in [0.29, 0.717) is 11.3 Å². The summed E-state index contributed by atoms with van der Waals surface area (Å²) in [5.74, 6) is -0.993. The predicted molar refractivity (Wildman–Crippen MR) is 101 cm³/mol. The largest absolute Gasteiger partial charge is 0.350 e. The van der Waals surface area contributed by atoms with E-state index >= 15 is 0 Å². The number of pyridine rings is 1. The van der Waals surface area contributed by atoms with Crippen molar-refractivity contribution in [1.29, 1.82) is 0 Å². The number of nitrogens with zero attached hydrogens (tertiary/aromatic N) is 1. The van der Waals surface area contributed by atoms with Gasteiger partial charge in [-0.2, -0.15) is 0 Å². The molecular weight excluding hydrogens is 408 g/mol. The van der Waals surface area contributed by atoms with E-state index in [2.05, 4.69) is 15.6 Å². The Balaban J connectivity index is 2.35. The molecule has 0 atom stereocenters. The van der Waals surface area contributed by atoms with Gasteiger partial charge in [-0.25, -0.2) is 4.98 Å². The number of hydrogen-bond donors (Lipinski definition) is 2. The number of amides is 2. The number of halogens is 4. The maximum absolute atomic E-state index is 12.5. The fraction of sp³-hybridized carbons (Fsp3) is 0.188. The lowest BCUT2D eigenvalue weighted by atomic mass is 10.1. The van der Waals surface area contributed by atoms with Crippen molar-refractivity contribution in [2.75, 3.05) is 5.32 Å². The highest BCUT2D eigenvalue weighted by atomic mass is 35.5. The van der Waals surface area contributed by atoms with Crippen molar-refractivity contribution in [1.82, 2.24) is 10.3 Å². The number of benzene rings is 1. The fourth-order valence-corrected chi connectivity index (χ4v) is 2.76. The topological polar surface area (TPSA) is 71.1 Å². The molecule has 0 aliphatic rings. The number of aromatic nitrogens is 1. The predicted octanol–water partition coefficient (Wildman–Crippen LogP) is 5.09. The molecule has 132 valence electrons. The fourth-order valence-electron chi connectivity index (χ4n) is 1.95. The van der Waals surface area contributed by atoms with Crippen molar-refractivity contribution in [2.45, 2.75) is 19.9 Å². The van der Waals surface area contributed by atoms with Crippen LogP contribution in [0.5, 0.6) is 0 Å². The monoisotopic (exact) mass is 419 g/mol. The molecule has 0 saturated carbocycles. The van der Waals surface area contributed by atoms with Crippen molar-refractivity contribution in [3.05, 3.63) is 55.7 Å². The smallest absolute Gasteiger partial charge is 0.275 e. The number of anilines is 1. The van der Waals surface area contributed by atoms with Gasteiger partial charge in [-0.3, -0.25) is 9.59 Å². The maximum atomic E-state index is 12.5. The number of hydrogen-bond acceptors (Lipinski definition) is 3. The lowest BCUT2D eigenvalue weighted by molar-refractivity contribution is 0.0944. The molecule has 2 rings (SSSR count). The summed E-state index contributed by atoms with van der Waals surface area (Å²) in [5, 5.41) is 4.96. The summed E-state index contributed by atoms with van der Waals surface area (Å²) in [6, 6.07) is 6.48. The minimum Gasteiger partial charge on any atom is -0.350 e. The highest BCUT2D eigenvalue weighted by Gasteiger charge is 2.22. The minimum absolute atomic E-state index is 0.0402. The van der Waals surface area contributed by atoms with Crippen LogP contribution in [0, 0.1) is 0 Å². The number of rotatable bonds is 4. The van der Waals surface area contributed by atoms with E-state index in [1.807, 2.05) is 13.8 Å². The van der Waals surface area contributed by atoms with Crippen molar-refractivity contribution in [3.8, 4) is 0 Å². The minimum atomic E-state index is -0.671. The third kappa shape index (κ3) is 4.55. The zero-order chi connectivity index (χ0) is 18.7. The van der Waals surface area contributed by atoms with E-state index in [9.17, 15) is 9.59 Å². The Morgan fingerprint density at radius 2 is 1.60 bits per heavy atom. The summed E-state index contributed by atoms with van der Waals surface area (Å²) in [4.78, 5) is 28.6. The van der Waals surface area contributed by atoms with Crippen LogP contribution < -0.4 is 10.6 Å². The Kier molecular flexibility index (Phi) is 6.52. The van der Waals surface area contributed by atoms with E-state index in [-0.39, 0.29) is 37.9 Å². The van der Waals surface area contributed by atoms with E-state index in [1.54, 1.807) is 24.3 Å². The lowest BCUT2D eigenvalue weighted by Crippen LogP contribution is -2.31. The first kappa shape index (κ1) is 19.8. The molecular formula is C16H13Cl4N3O2. The molecule has 0 bridgehead atoms. The molecule has 0 saturated heterocycles. The molecule has 1 heterocycles. The quantitative estimate of drug-likeness (QED) is 0.677. The molecule has 0 aliphatic carbocycles. The van der Waals surface area contributed by atoms with E-state index in [1.165, 1.54) is 0 Å². The molecule has 9 heteroatoms. The van der Waals surface area contributed by atoms with Gasteiger partial charge in [0.1, 0.15) is 10.8 Å². The van der Waals surface area contributed by atoms with Crippen LogP contribution in [-0.4, -0.2) is 22.8 Å². The third-order valence-electron chi connectivity index (χ3n) is 3.04. The maximum Gasteiger partial charge on any atom is 0.275 e. The molecule has 0 unspecified atom stereocenters. The van der Waals surface area contributed by atoms with Crippen molar-refractivity contribution in [2.24, 2.45) is 0 Å². The third-order valence-corrected chi connectivity index (χ3v) is 4.72. The highest BCUT2D eigenvalue weighted by Crippen LogP contribution is 2.36. The first-order valence-electron chi connectivity index (χ1n) is 7.13. The summed E-state index contributed by atoms with van der Waals surface area (Å²) in [6.07, 6.45) is 0. The average Bonchev–Trinajstić information content (AvgIpc) is 2.56. The number of para-hydroxylation sites is 1. The Morgan fingerprint density at radius 1 is 0.960 bits per heavy atom. The Morgan fingerprint density at radius 3 is 2.24 bits per heavy atom. The van der Waals surface area contributed by atoms with Gasteiger partial charge in [-0.05, 0) is 26.0 Å². The molecule has 0 radical (unpaired) electrons. The van der Waals surface area contributed by atoms with Gasteiger partial charge in [0.2, 0.25) is 0 Å². The zero-order valence-electron chi connectivity index (χ0n) is 13.2.